The van der Waals surface area contributed by atoms with E-state index in [2.05, 4.69) is 5.32 Å². The zero-order valence-corrected chi connectivity index (χ0v) is 6.64. The van der Waals surface area contributed by atoms with E-state index in [0.717, 1.165) is 0 Å². The van der Waals surface area contributed by atoms with Crippen molar-refractivity contribution >= 4 is 5.91 Å². The molecule has 0 unspecified atom stereocenters. The minimum atomic E-state index is 0.0657. The number of ether oxygens (including phenoxy) is 1. The number of hydrogen-bond donors (Lipinski definition) is 1. The van der Waals surface area contributed by atoms with Crippen molar-refractivity contribution in [2.75, 3.05) is 19.8 Å². The number of hydrogen-bond acceptors (Lipinski definition) is 2. The maximum atomic E-state index is 10.7. The van der Waals surface area contributed by atoms with Gasteiger partial charge in [-0.2, -0.15) is 0 Å². The molecule has 0 radical (unpaired) electrons. The first-order valence-electron chi connectivity index (χ1n) is 3.65. The van der Waals surface area contributed by atoms with Gasteiger partial charge in [0.25, 0.3) is 0 Å². The average molecular weight is 145 g/mol. The number of nitrogens with one attached hydrogen (secondary N) is 1. The van der Waals surface area contributed by atoms with Crippen LogP contribution < -0.4 is 5.32 Å². The third kappa shape index (κ3) is 5.56. The predicted molar refractivity (Wildman–Crippen MR) is 39.8 cm³/mol. The smallest absolute Gasteiger partial charge is 0.222 e. The number of amides is 1. The molecule has 1 amide bonds. The van der Waals surface area contributed by atoms with Gasteiger partial charge in [0.2, 0.25) is 5.91 Å². The molecule has 60 valence electrons. The maximum Gasteiger partial charge on any atom is 0.222 e. The van der Waals surface area contributed by atoms with Crippen LogP contribution in [-0.2, 0) is 9.53 Å². The van der Waals surface area contributed by atoms with E-state index in [-0.39, 0.29) is 5.91 Å². The molecule has 0 aromatic heterocycles. The summed E-state index contributed by atoms with van der Waals surface area (Å²) in [6.07, 6.45) is 0.474. The van der Waals surface area contributed by atoms with Crippen molar-refractivity contribution in [2.24, 2.45) is 0 Å². The average Bonchev–Trinajstić information content (AvgIpc) is 1.89. The van der Waals surface area contributed by atoms with E-state index >= 15 is 0 Å². The van der Waals surface area contributed by atoms with Crippen LogP contribution in [0.2, 0.25) is 0 Å². The standard InChI is InChI=1S/C7H15NO2/c1-3-8-7(9)5-6-10-4-2/h3-6H2,1-2H3,(H,8,9). The van der Waals surface area contributed by atoms with Gasteiger partial charge >= 0.3 is 0 Å². The van der Waals surface area contributed by atoms with Crippen molar-refractivity contribution < 1.29 is 9.53 Å². The lowest BCUT2D eigenvalue weighted by molar-refractivity contribution is -0.122. The Morgan fingerprint density at radius 3 is 2.70 bits per heavy atom. The van der Waals surface area contributed by atoms with Gasteiger partial charge in [0.05, 0.1) is 6.61 Å². The first-order valence-corrected chi connectivity index (χ1v) is 3.65. The van der Waals surface area contributed by atoms with Gasteiger partial charge in [-0.05, 0) is 13.8 Å². The highest BCUT2D eigenvalue weighted by Crippen LogP contribution is 1.81. The Labute approximate surface area is 61.8 Å². The summed E-state index contributed by atoms with van der Waals surface area (Å²) in [6.45, 7) is 5.73. The molecule has 0 aliphatic rings. The lowest BCUT2D eigenvalue weighted by Gasteiger charge is -2.00. The fraction of sp³-hybridized carbons (Fsp3) is 0.857. The zero-order chi connectivity index (χ0) is 7.82. The molecule has 3 nitrogen and oxygen atoms in total. The number of carbonyl (C=O) groups excluding carboxylic acids is 1. The molecule has 0 atom stereocenters. The fourth-order valence-electron chi connectivity index (χ4n) is 0.595. The van der Waals surface area contributed by atoms with Crippen molar-refractivity contribution in [1.29, 1.82) is 0 Å². The summed E-state index contributed by atoms with van der Waals surface area (Å²) in [4.78, 5) is 10.7. The van der Waals surface area contributed by atoms with E-state index in [0.29, 0.717) is 26.2 Å². The Morgan fingerprint density at radius 1 is 1.50 bits per heavy atom. The van der Waals surface area contributed by atoms with Crippen molar-refractivity contribution in [2.45, 2.75) is 20.3 Å². The van der Waals surface area contributed by atoms with Gasteiger partial charge in [0.1, 0.15) is 0 Å². The predicted octanol–water partition coefficient (Wildman–Crippen LogP) is 0.549. The first-order chi connectivity index (χ1) is 4.81. The molecule has 0 aliphatic carbocycles. The van der Waals surface area contributed by atoms with E-state index in [4.69, 9.17) is 4.74 Å². The van der Waals surface area contributed by atoms with E-state index in [1.54, 1.807) is 0 Å². The van der Waals surface area contributed by atoms with Crippen LogP contribution in [-0.4, -0.2) is 25.7 Å². The first kappa shape index (κ1) is 9.43. The lowest BCUT2D eigenvalue weighted by Crippen LogP contribution is -2.23. The molecule has 3 heteroatoms. The fourth-order valence-corrected chi connectivity index (χ4v) is 0.595. The summed E-state index contributed by atoms with van der Waals surface area (Å²) in [5, 5.41) is 2.69. The second-order valence-electron chi connectivity index (χ2n) is 1.90. The van der Waals surface area contributed by atoms with E-state index < -0.39 is 0 Å². The van der Waals surface area contributed by atoms with Gasteiger partial charge in [0.15, 0.2) is 0 Å². The molecule has 10 heavy (non-hydrogen) atoms. The molecular formula is C7H15NO2. The van der Waals surface area contributed by atoms with Crippen molar-refractivity contribution in [1.82, 2.24) is 5.32 Å². The van der Waals surface area contributed by atoms with Crippen LogP contribution in [0.15, 0.2) is 0 Å². The molecular weight excluding hydrogens is 130 g/mol. The molecule has 0 aliphatic heterocycles. The van der Waals surface area contributed by atoms with Gasteiger partial charge < -0.3 is 10.1 Å². The molecule has 0 spiro atoms. The summed E-state index contributed by atoms with van der Waals surface area (Å²) >= 11 is 0. The van der Waals surface area contributed by atoms with Crippen molar-refractivity contribution in [3.63, 3.8) is 0 Å². The Balaban J connectivity index is 3.05. The monoisotopic (exact) mass is 145 g/mol. The van der Waals surface area contributed by atoms with Crippen LogP contribution in [0.4, 0.5) is 0 Å². The van der Waals surface area contributed by atoms with Gasteiger partial charge in [-0.15, -0.1) is 0 Å². The maximum absolute atomic E-state index is 10.7. The second kappa shape index (κ2) is 6.55. The second-order valence-corrected chi connectivity index (χ2v) is 1.90. The molecule has 0 aromatic rings. The highest BCUT2D eigenvalue weighted by molar-refractivity contribution is 5.75. The molecule has 0 rings (SSSR count). The topological polar surface area (TPSA) is 38.3 Å². The third-order valence-electron chi connectivity index (χ3n) is 1.05. The molecule has 0 heterocycles. The highest BCUT2D eigenvalue weighted by atomic mass is 16.5. The molecule has 0 saturated carbocycles. The van der Waals surface area contributed by atoms with Crippen molar-refractivity contribution in [3.8, 4) is 0 Å². The summed E-state index contributed by atoms with van der Waals surface area (Å²) < 4.78 is 4.99. The highest BCUT2D eigenvalue weighted by Gasteiger charge is 1.96. The van der Waals surface area contributed by atoms with Crippen molar-refractivity contribution in [3.05, 3.63) is 0 Å². The Morgan fingerprint density at radius 2 is 2.20 bits per heavy atom. The normalized spacial score (nSPS) is 9.40. The van der Waals surface area contributed by atoms with Crippen LogP contribution in [0.25, 0.3) is 0 Å². The Hall–Kier alpha value is -0.570. The number of carbonyl (C=O) groups is 1. The molecule has 0 bridgehead atoms. The van der Waals surface area contributed by atoms with Gasteiger partial charge in [0, 0.05) is 19.6 Å². The van der Waals surface area contributed by atoms with Crippen LogP contribution in [0, 0.1) is 0 Å². The van der Waals surface area contributed by atoms with Gasteiger partial charge in [-0.25, -0.2) is 0 Å². The van der Waals surface area contributed by atoms with E-state index in [1.807, 2.05) is 13.8 Å². The lowest BCUT2D eigenvalue weighted by atomic mass is 10.4. The molecule has 0 fully saturated rings. The van der Waals surface area contributed by atoms with E-state index in [9.17, 15) is 4.79 Å². The largest absolute Gasteiger partial charge is 0.381 e. The summed E-state index contributed by atoms with van der Waals surface area (Å²) in [6, 6.07) is 0. The third-order valence-corrected chi connectivity index (χ3v) is 1.05. The summed E-state index contributed by atoms with van der Waals surface area (Å²) in [5.74, 6) is 0.0657. The van der Waals surface area contributed by atoms with Crippen LogP contribution in [0.1, 0.15) is 20.3 Å². The Kier molecular flexibility index (Phi) is 6.18. The zero-order valence-electron chi connectivity index (χ0n) is 6.64. The van der Waals surface area contributed by atoms with Gasteiger partial charge in [-0.1, -0.05) is 0 Å². The summed E-state index contributed by atoms with van der Waals surface area (Å²) in [7, 11) is 0. The number of rotatable bonds is 5. The minimum absolute atomic E-state index is 0.0657. The minimum Gasteiger partial charge on any atom is -0.381 e. The van der Waals surface area contributed by atoms with Crippen LogP contribution >= 0.6 is 0 Å². The van der Waals surface area contributed by atoms with Crippen LogP contribution in [0.5, 0.6) is 0 Å². The van der Waals surface area contributed by atoms with Gasteiger partial charge in [-0.3, -0.25) is 4.79 Å². The quantitative estimate of drug-likeness (QED) is 0.574. The molecule has 0 aromatic carbocycles. The summed E-state index contributed by atoms with van der Waals surface area (Å²) in [5.41, 5.74) is 0. The van der Waals surface area contributed by atoms with E-state index in [1.165, 1.54) is 0 Å². The SMILES string of the molecule is CCNC(=O)CCOCC. The van der Waals surface area contributed by atoms with Crippen LogP contribution in [0.3, 0.4) is 0 Å². The molecule has 0 saturated heterocycles. The molecule has 1 N–H and O–H groups in total. The Bertz CT molecular complexity index is 93.6.